The number of nitrogens with zero attached hydrogens (tertiary/aromatic N) is 1. The molecular weight excluding hydrogens is 262 g/mol. The summed E-state index contributed by atoms with van der Waals surface area (Å²) in [6.45, 7) is 6.74. The molecule has 0 aliphatic rings. The summed E-state index contributed by atoms with van der Waals surface area (Å²) in [5, 5.41) is 1.66. The van der Waals surface area contributed by atoms with Gasteiger partial charge >= 0.3 is 0 Å². The molecule has 0 fully saturated rings. The van der Waals surface area contributed by atoms with Crippen molar-refractivity contribution in [2.24, 2.45) is 0 Å². The summed E-state index contributed by atoms with van der Waals surface area (Å²) in [6, 6.07) is 11.0. The summed E-state index contributed by atoms with van der Waals surface area (Å²) in [4.78, 5) is 25.3. The van der Waals surface area contributed by atoms with Crippen LogP contribution in [-0.2, 0) is 0 Å². The monoisotopic (exact) mass is 285 g/mol. The first-order valence-electron chi connectivity index (χ1n) is 7.41. The molecule has 0 radical (unpaired) electrons. The van der Waals surface area contributed by atoms with Gasteiger partial charge in [0, 0.05) is 30.1 Å². The fourth-order valence-corrected chi connectivity index (χ4v) is 2.29. The molecule has 0 aliphatic heterocycles. The zero-order valence-electron chi connectivity index (χ0n) is 13.2. The highest BCUT2D eigenvalue weighted by molar-refractivity contribution is 6.12. The first-order chi connectivity index (χ1) is 10.2. The van der Waals surface area contributed by atoms with E-state index < -0.39 is 0 Å². The molecule has 0 atom stereocenters. The fraction of sp³-hybridized carbons (Fsp3) is 0.333. The molecule has 0 N–H and O–H groups in total. The van der Waals surface area contributed by atoms with Crippen LogP contribution in [0.25, 0.3) is 10.8 Å². The summed E-state index contributed by atoms with van der Waals surface area (Å²) in [6.07, 6.45) is 1.71. The molecule has 3 nitrogen and oxygen atoms in total. The number of fused-ring (bicyclic) bond motifs is 1. The fourth-order valence-electron chi connectivity index (χ4n) is 2.29. The zero-order valence-corrected chi connectivity index (χ0v) is 13.2. The molecule has 0 unspecified atom stereocenters. The number of hydrogen-bond acceptors (Lipinski definition) is 2. The third-order valence-corrected chi connectivity index (χ3v) is 3.20. The lowest BCUT2D eigenvalue weighted by molar-refractivity contribution is 0.0797. The van der Waals surface area contributed by atoms with E-state index in [2.05, 4.69) is 0 Å². The SMILES string of the molecule is CC.CCCN(C)C(=O)c1cccc2cccc(C=O)c12. The number of benzene rings is 2. The van der Waals surface area contributed by atoms with Gasteiger partial charge in [-0.2, -0.15) is 0 Å². The van der Waals surface area contributed by atoms with Gasteiger partial charge in [0.1, 0.15) is 0 Å². The second kappa shape index (κ2) is 8.20. The van der Waals surface area contributed by atoms with E-state index in [9.17, 15) is 9.59 Å². The standard InChI is InChI=1S/C16H17NO2.C2H6/c1-3-10-17(2)16(19)14-9-5-7-12-6-4-8-13(11-18)15(12)14;1-2/h4-9,11H,3,10H2,1-2H3;1-2H3. The average Bonchev–Trinajstić information content (AvgIpc) is 2.55. The van der Waals surface area contributed by atoms with Crippen molar-refractivity contribution in [2.75, 3.05) is 13.6 Å². The molecule has 2 rings (SSSR count). The number of carbonyl (C=O) groups excluding carboxylic acids is 2. The lowest BCUT2D eigenvalue weighted by Gasteiger charge is -2.17. The van der Waals surface area contributed by atoms with Gasteiger partial charge in [-0.3, -0.25) is 9.59 Å². The van der Waals surface area contributed by atoms with Crippen LogP contribution in [0.1, 0.15) is 47.9 Å². The molecule has 0 bridgehead atoms. The Labute approximate surface area is 126 Å². The van der Waals surface area contributed by atoms with Crippen LogP contribution in [0.15, 0.2) is 36.4 Å². The van der Waals surface area contributed by atoms with E-state index in [1.54, 1.807) is 24.1 Å². The van der Waals surface area contributed by atoms with Crippen LogP contribution in [-0.4, -0.2) is 30.7 Å². The summed E-state index contributed by atoms with van der Waals surface area (Å²) < 4.78 is 0. The van der Waals surface area contributed by atoms with E-state index in [0.717, 1.165) is 23.5 Å². The Hall–Kier alpha value is -2.16. The summed E-state index contributed by atoms with van der Waals surface area (Å²) >= 11 is 0. The Balaban J connectivity index is 0.00000106. The molecular formula is C18H23NO2. The molecule has 21 heavy (non-hydrogen) atoms. The summed E-state index contributed by atoms with van der Waals surface area (Å²) in [5.74, 6) is -0.0400. The van der Waals surface area contributed by atoms with Crippen LogP contribution < -0.4 is 0 Å². The third-order valence-electron chi connectivity index (χ3n) is 3.20. The van der Waals surface area contributed by atoms with Gasteiger partial charge in [0.25, 0.3) is 5.91 Å². The van der Waals surface area contributed by atoms with E-state index in [-0.39, 0.29) is 5.91 Å². The second-order valence-corrected chi connectivity index (χ2v) is 4.60. The van der Waals surface area contributed by atoms with E-state index in [1.807, 2.05) is 45.0 Å². The van der Waals surface area contributed by atoms with Crippen LogP contribution in [0.2, 0.25) is 0 Å². The first-order valence-corrected chi connectivity index (χ1v) is 7.41. The zero-order chi connectivity index (χ0) is 15.8. The van der Waals surface area contributed by atoms with Gasteiger partial charge in [0.2, 0.25) is 0 Å². The van der Waals surface area contributed by atoms with Crippen molar-refractivity contribution in [3.63, 3.8) is 0 Å². The number of hydrogen-bond donors (Lipinski definition) is 0. The maximum absolute atomic E-state index is 12.4. The number of rotatable bonds is 4. The van der Waals surface area contributed by atoms with Gasteiger partial charge in [-0.15, -0.1) is 0 Å². The third kappa shape index (κ3) is 3.69. The van der Waals surface area contributed by atoms with Crippen LogP contribution in [0.5, 0.6) is 0 Å². The molecule has 0 heterocycles. The Morgan fingerprint density at radius 3 is 2.33 bits per heavy atom. The number of amides is 1. The van der Waals surface area contributed by atoms with Crippen molar-refractivity contribution in [3.8, 4) is 0 Å². The minimum atomic E-state index is -0.0400. The average molecular weight is 285 g/mol. The topological polar surface area (TPSA) is 37.4 Å². The van der Waals surface area contributed by atoms with Crippen molar-refractivity contribution in [3.05, 3.63) is 47.5 Å². The van der Waals surface area contributed by atoms with Crippen molar-refractivity contribution < 1.29 is 9.59 Å². The molecule has 112 valence electrons. The van der Waals surface area contributed by atoms with Crippen molar-refractivity contribution >= 4 is 23.0 Å². The Morgan fingerprint density at radius 2 is 1.76 bits per heavy atom. The van der Waals surface area contributed by atoms with Crippen molar-refractivity contribution in [2.45, 2.75) is 27.2 Å². The predicted molar refractivity (Wildman–Crippen MR) is 87.9 cm³/mol. The highest BCUT2D eigenvalue weighted by atomic mass is 16.2. The van der Waals surface area contributed by atoms with Crippen LogP contribution in [0.3, 0.4) is 0 Å². The van der Waals surface area contributed by atoms with Gasteiger partial charge in [0.15, 0.2) is 6.29 Å². The Morgan fingerprint density at radius 1 is 1.14 bits per heavy atom. The van der Waals surface area contributed by atoms with Crippen LogP contribution in [0.4, 0.5) is 0 Å². The quantitative estimate of drug-likeness (QED) is 0.791. The van der Waals surface area contributed by atoms with Crippen LogP contribution in [0, 0.1) is 0 Å². The molecule has 3 heteroatoms. The minimum Gasteiger partial charge on any atom is -0.342 e. The minimum absolute atomic E-state index is 0.0400. The Bertz CT molecular complexity index is 614. The van der Waals surface area contributed by atoms with Gasteiger partial charge < -0.3 is 4.90 Å². The molecule has 0 aromatic heterocycles. The lowest BCUT2D eigenvalue weighted by atomic mass is 9.99. The smallest absolute Gasteiger partial charge is 0.254 e. The van der Waals surface area contributed by atoms with Crippen molar-refractivity contribution in [1.82, 2.24) is 4.90 Å². The van der Waals surface area contributed by atoms with Gasteiger partial charge in [-0.25, -0.2) is 0 Å². The van der Waals surface area contributed by atoms with Crippen molar-refractivity contribution in [1.29, 1.82) is 0 Å². The summed E-state index contributed by atoms with van der Waals surface area (Å²) in [5.41, 5.74) is 1.16. The van der Waals surface area contributed by atoms with Gasteiger partial charge in [-0.05, 0) is 17.9 Å². The molecule has 0 aliphatic carbocycles. The van der Waals surface area contributed by atoms with E-state index in [0.29, 0.717) is 17.7 Å². The molecule has 1 amide bonds. The van der Waals surface area contributed by atoms with E-state index in [4.69, 9.17) is 0 Å². The van der Waals surface area contributed by atoms with Gasteiger partial charge in [-0.1, -0.05) is 51.1 Å². The molecule has 2 aromatic carbocycles. The maximum Gasteiger partial charge on any atom is 0.254 e. The second-order valence-electron chi connectivity index (χ2n) is 4.60. The number of aldehydes is 1. The summed E-state index contributed by atoms with van der Waals surface area (Å²) in [7, 11) is 1.79. The lowest BCUT2D eigenvalue weighted by Crippen LogP contribution is -2.27. The molecule has 0 spiro atoms. The molecule has 2 aromatic rings. The normalized spacial score (nSPS) is 9.71. The first kappa shape index (κ1) is 16.9. The highest BCUT2D eigenvalue weighted by Crippen LogP contribution is 2.23. The Kier molecular flexibility index (Phi) is 6.60. The van der Waals surface area contributed by atoms with Gasteiger partial charge in [0.05, 0.1) is 0 Å². The predicted octanol–water partition coefficient (Wildman–Crippen LogP) is 4.16. The van der Waals surface area contributed by atoms with E-state index >= 15 is 0 Å². The van der Waals surface area contributed by atoms with E-state index in [1.165, 1.54) is 0 Å². The largest absolute Gasteiger partial charge is 0.342 e. The van der Waals surface area contributed by atoms with Crippen LogP contribution >= 0.6 is 0 Å². The molecule has 0 saturated carbocycles. The molecule has 0 saturated heterocycles. The maximum atomic E-state index is 12.4. The highest BCUT2D eigenvalue weighted by Gasteiger charge is 2.15. The number of carbonyl (C=O) groups is 2.